The number of carbonyl (C=O) groups excluding carboxylic acids is 1. The van der Waals surface area contributed by atoms with Crippen LogP contribution in [0.15, 0.2) is 24.5 Å². The Bertz CT molecular complexity index is 1150. The summed E-state index contributed by atoms with van der Waals surface area (Å²) in [5.74, 6) is -3.77. The highest BCUT2D eigenvalue weighted by atomic mass is 19.4. The molecule has 0 aromatic carbocycles. The number of nitrogens with one attached hydrogen (secondary N) is 2. The van der Waals surface area contributed by atoms with E-state index in [4.69, 9.17) is 5.73 Å². The van der Waals surface area contributed by atoms with Gasteiger partial charge in [-0.2, -0.15) is 18.3 Å². The van der Waals surface area contributed by atoms with Crippen molar-refractivity contribution >= 4 is 23.1 Å². The van der Waals surface area contributed by atoms with Crippen LogP contribution < -0.4 is 16.4 Å². The van der Waals surface area contributed by atoms with Gasteiger partial charge in [-0.15, -0.1) is 5.10 Å². The van der Waals surface area contributed by atoms with Gasteiger partial charge in [-0.25, -0.2) is 18.3 Å². The van der Waals surface area contributed by atoms with Gasteiger partial charge in [-0.05, 0) is 18.6 Å². The maximum Gasteiger partial charge on any atom is 0.437 e. The van der Waals surface area contributed by atoms with Gasteiger partial charge in [-0.1, -0.05) is 0 Å². The van der Waals surface area contributed by atoms with E-state index in [1.807, 2.05) is 0 Å². The van der Waals surface area contributed by atoms with E-state index in [1.165, 1.54) is 25.4 Å². The van der Waals surface area contributed by atoms with Gasteiger partial charge in [0.25, 0.3) is 5.91 Å². The third kappa shape index (κ3) is 4.35. The number of alkyl halides is 5. The van der Waals surface area contributed by atoms with Crippen LogP contribution in [0.3, 0.4) is 0 Å². The monoisotopic (exact) mass is 458 g/mol. The molecule has 0 aliphatic heterocycles. The van der Waals surface area contributed by atoms with Crippen molar-refractivity contribution in [3.05, 3.63) is 35.9 Å². The lowest BCUT2D eigenvalue weighted by molar-refractivity contribution is -0.140. The Balaban J connectivity index is 1.59. The number of nitrogens with two attached hydrogens (primary N) is 1. The summed E-state index contributed by atoms with van der Waals surface area (Å²) in [6.45, 7) is 0. The van der Waals surface area contributed by atoms with E-state index >= 15 is 0 Å². The largest absolute Gasteiger partial charge is 0.437 e. The van der Waals surface area contributed by atoms with Crippen molar-refractivity contribution in [2.45, 2.75) is 43.4 Å². The molecule has 1 fully saturated rings. The second-order valence-electron chi connectivity index (χ2n) is 7.67. The molecular formula is C18H19F5N8O. The molecule has 1 aliphatic rings. The zero-order chi connectivity index (χ0) is 23.3. The molecular weight excluding hydrogens is 439 g/mol. The molecule has 0 spiro atoms. The second kappa shape index (κ2) is 7.69. The first kappa shape index (κ1) is 21.9. The highest BCUT2D eigenvalue weighted by Crippen LogP contribution is 2.34. The number of amides is 1. The van der Waals surface area contributed by atoms with Crippen molar-refractivity contribution in [3.63, 3.8) is 0 Å². The van der Waals surface area contributed by atoms with Crippen molar-refractivity contribution in [1.82, 2.24) is 24.4 Å². The Morgan fingerprint density at radius 2 is 2.03 bits per heavy atom. The summed E-state index contributed by atoms with van der Waals surface area (Å²) in [6.07, 6.45) is -3.05. The SMILES string of the molecule is Cn1cc(NC(=O)c2ccc3cnc(N[C@@H]4CC(F)(F)CC[C@@H]4N)nn23)c(C(F)(F)F)n1. The number of aryl methyl sites for hydroxylation is 1. The molecule has 3 aromatic heterocycles. The topological polar surface area (TPSA) is 115 Å². The van der Waals surface area contributed by atoms with Crippen molar-refractivity contribution < 1.29 is 26.7 Å². The third-order valence-corrected chi connectivity index (χ3v) is 5.17. The third-order valence-electron chi connectivity index (χ3n) is 5.17. The molecule has 1 aliphatic carbocycles. The standard InChI is InChI=1S/C18H19F5N8O/c1-30-8-12(14(28-30)18(21,22)23)26-15(32)13-3-2-9-7-25-16(29-31(9)13)27-11-6-17(19,20)5-4-10(11)24/h2-3,7-8,10-11H,4-6,24H2,1H3,(H,26,32)(H,27,29)/t10-,11+/m0/s1. The van der Waals surface area contributed by atoms with Crippen LogP contribution in [0.1, 0.15) is 35.4 Å². The van der Waals surface area contributed by atoms with Gasteiger partial charge in [0.2, 0.25) is 11.9 Å². The van der Waals surface area contributed by atoms with Gasteiger partial charge in [0.15, 0.2) is 5.69 Å². The normalized spacial score (nSPS) is 21.0. The first-order valence-electron chi connectivity index (χ1n) is 9.60. The van der Waals surface area contributed by atoms with Gasteiger partial charge in [0.1, 0.15) is 5.69 Å². The van der Waals surface area contributed by atoms with E-state index in [-0.39, 0.29) is 24.5 Å². The fraction of sp³-hybridized carbons (Fsp3) is 0.444. The molecule has 4 N–H and O–H groups in total. The number of rotatable bonds is 4. The Kier molecular flexibility index (Phi) is 5.27. The average molecular weight is 458 g/mol. The lowest BCUT2D eigenvalue weighted by Gasteiger charge is -2.34. The number of hydrogen-bond acceptors (Lipinski definition) is 6. The molecule has 0 unspecified atom stereocenters. The van der Waals surface area contributed by atoms with Crippen LogP contribution in [0.25, 0.3) is 5.52 Å². The maximum absolute atomic E-state index is 13.7. The van der Waals surface area contributed by atoms with Crippen LogP contribution in [0.5, 0.6) is 0 Å². The predicted octanol–water partition coefficient (Wildman–Crippen LogP) is 2.66. The van der Waals surface area contributed by atoms with Crippen LogP contribution in [0.2, 0.25) is 0 Å². The molecule has 0 saturated heterocycles. The maximum atomic E-state index is 13.7. The Morgan fingerprint density at radius 1 is 1.28 bits per heavy atom. The first-order chi connectivity index (χ1) is 14.9. The second-order valence-corrected chi connectivity index (χ2v) is 7.67. The van der Waals surface area contributed by atoms with Crippen LogP contribution in [-0.4, -0.2) is 48.3 Å². The molecule has 1 amide bonds. The zero-order valence-electron chi connectivity index (χ0n) is 16.7. The molecule has 32 heavy (non-hydrogen) atoms. The number of aromatic nitrogens is 5. The number of hydrogen-bond donors (Lipinski definition) is 3. The van der Waals surface area contributed by atoms with E-state index in [1.54, 1.807) is 0 Å². The Hall–Kier alpha value is -3.29. The van der Waals surface area contributed by atoms with Crippen LogP contribution in [0, 0.1) is 0 Å². The highest BCUT2D eigenvalue weighted by Gasteiger charge is 2.40. The minimum absolute atomic E-state index is 0.0433. The van der Waals surface area contributed by atoms with Gasteiger partial charge in [0.05, 0.1) is 17.4 Å². The van der Waals surface area contributed by atoms with Gasteiger partial charge in [0, 0.05) is 38.2 Å². The van der Waals surface area contributed by atoms with Crippen molar-refractivity contribution in [3.8, 4) is 0 Å². The summed E-state index contributed by atoms with van der Waals surface area (Å²) in [5, 5.41) is 12.4. The summed E-state index contributed by atoms with van der Waals surface area (Å²) in [4.78, 5) is 16.7. The summed E-state index contributed by atoms with van der Waals surface area (Å²) in [5.41, 5.74) is 4.48. The molecule has 172 valence electrons. The lowest BCUT2D eigenvalue weighted by atomic mass is 9.88. The predicted molar refractivity (Wildman–Crippen MR) is 103 cm³/mol. The minimum Gasteiger partial charge on any atom is -0.348 e. The quantitative estimate of drug-likeness (QED) is 0.518. The van der Waals surface area contributed by atoms with Crippen LogP contribution >= 0.6 is 0 Å². The van der Waals surface area contributed by atoms with Gasteiger partial charge in [-0.3, -0.25) is 9.48 Å². The van der Waals surface area contributed by atoms with E-state index in [0.717, 1.165) is 15.4 Å². The van der Waals surface area contributed by atoms with Crippen molar-refractivity contribution in [1.29, 1.82) is 0 Å². The van der Waals surface area contributed by atoms with E-state index in [0.29, 0.717) is 5.52 Å². The first-order valence-corrected chi connectivity index (χ1v) is 9.60. The smallest absolute Gasteiger partial charge is 0.348 e. The van der Waals surface area contributed by atoms with Gasteiger partial charge >= 0.3 is 6.18 Å². The number of fused-ring (bicyclic) bond motifs is 1. The van der Waals surface area contributed by atoms with Crippen LogP contribution in [-0.2, 0) is 13.2 Å². The Morgan fingerprint density at radius 3 is 2.75 bits per heavy atom. The summed E-state index contributed by atoms with van der Waals surface area (Å²) >= 11 is 0. The van der Waals surface area contributed by atoms with Crippen molar-refractivity contribution in [2.24, 2.45) is 12.8 Å². The number of halogens is 5. The minimum atomic E-state index is -4.76. The Labute approximate surface area is 177 Å². The molecule has 14 heteroatoms. The molecule has 3 heterocycles. The van der Waals surface area contributed by atoms with Crippen LogP contribution in [0.4, 0.5) is 33.6 Å². The van der Waals surface area contributed by atoms with E-state index in [9.17, 15) is 26.7 Å². The highest BCUT2D eigenvalue weighted by molar-refractivity contribution is 6.04. The number of carbonyl (C=O) groups is 1. The van der Waals surface area contributed by atoms with E-state index < -0.39 is 47.9 Å². The zero-order valence-corrected chi connectivity index (χ0v) is 16.7. The molecule has 0 radical (unpaired) electrons. The number of anilines is 2. The lowest BCUT2D eigenvalue weighted by Crippen LogP contribution is -2.48. The van der Waals surface area contributed by atoms with Crippen molar-refractivity contribution in [2.75, 3.05) is 10.6 Å². The summed E-state index contributed by atoms with van der Waals surface area (Å²) in [6, 6.07) is 1.53. The fourth-order valence-electron chi connectivity index (χ4n) is 3.59. The van der Waals surface area contributed by atoms with E-state index in [2.05, 4.69) is 25.8 Å². The molecule has 2 atom stereocenters. The molecule has 3 aromatic rings. The summed E-state index contributed by atoms with van der Waals surface area (Å²) < 4.78 is 69.0. The average Bonchev–Trinajstić information content (AvgIpc) is 3.27. The summed E-state index contributed by atoms with van der Waals surface area (Å²) in [7, 11) is 1.29. The molecule has 0 bridgehead atoms. The van der Waals surface area contributed by atoms with Gasteiger partial charge < -0.3 is 16.4 Å². The molecule has 4 rings (SSSR count). The fourth-order valence-corrected chi connectivity index (χ4v) is 3.59. The molecule has 1 saturated carbocycles. The molecule has 9 nitrogen and oxygen atoms in total. The number of nitrogens with zero attached hydrogens (tertiary/aromatic N) is 5.